The van der Waals surface area contributed by atoms with E-state index in [1.807, 2.05) is 43.5 Å². The number of thioether (sulfide) groups is 1. The fraction of sp³-hybridized carbons (Fsp3) is 0.571. The van der Waals surface area contributed by atoms with Crippen LogP contribution in [0.5, 0.6) is 0 Å². The molecule has 1 rings (SSSR count). The van der Waals surface area contributed by atoms with Crippen molar-refractivity contribution in [2.24, 2.45) is 0 Å². The average molecular weight is 317 g/mol. The van der Waals surface area contributed by atoms with Gasteiger partial charge in [0.15, 0.2) is 0 Å². The Kier molecular flexibility index (Phi) is 7.02. The fourth-order valence-electron chi connectivity index (χ4n) is 2.05. The Morgan fingerprint density at radius 2 is 1.85 bits per heavy atom. The molecule has 3 unspecified atom stereocenters. The predicted molar refractivity (Wildman–Crippen MR) is 85.6 cm³/mol. The van der Waals surface area contributed by atoms with Gasteiger partial charge in [0.2, 0.25) is 10.0 Å². The standard InChI is InChI=1S/C14H23NO3S2/c1-11(13-7-5-4-6-8-13)10-20(17,18)15-12(2)14(9-16)19-3/h4-8,11-12,14-16H,9-10H2,1-3H3. The normalized spacial score (nSPS) is 16.6. The number of hydrogen-bond donors (Lipinski definition) is 2. The van der Waals surface area contributed by atoms with E-state index in [4.69, 9.17) is 0 Å². The van der Waals surface area contributed by atoms with Crippen molar-refractivity contribution in [2.45, 2.75) is 31.1 Å². The number of hydrogen-bond acceptors (Lipinski definition) is 4. The minimum absolute atomic E-state index is 0.0426. The number of aliphatic hydroxyl groups is 1. The number of sulfonamides is 1. The molecule has 0 aliphatic rings. The van der Waals surface area contributed by atoms with Gasteiger partial charge in [0, 0.05) is 11.3 Å². The number of rotatable bonds is 8. The summed E-state index contributed by atoms with van der Waals surface area (Å²) >= 11 is 1.46. The maximum atomic E-state index is 12.2. The summed E-state index contributed by atoms with van der Waals surface area (Å²) in [6.07, 6.45) is 1.86. The molecule has 0 aliphatic carbocycles. The van der Waals surface area contributed by atoms with E-state index in [2.05, 4.69) is 4.72 Å². The van der Waals surface area contributed by atoms with Gasteiger partial charge in [-0.3, -0.25) is 0 Å². The van der Waals surface area contributed by atoms with Crippen molar-refractivity contribution in [1.82, 2.24) is 4.72 Å². The van der Waals surface area contributed by atoms with Crippen molar-refractivity contribution in [2.75, 3.05) is 18.6 Å². The van der Waals surface area contributed by atoms with Crippen molar-refractivity contribution in [1.29, 1.82) is 0 Å². The van der Waals surface area contributed by atoms with Gasteiger partial charge in [-0.15, -0.1) is 0 Å². The van der Waals surface area contributed by atoms with E-state index in [-0.39, 0.29) is 29.6 Å². The van der Waals surface area contributed by atoms with E-state index in [0.29, 0.717) is 0 Å². The molecule has 0 aromatic heterocycles. The van der Waals surface area contributed by atoms with Gasteiger partial charge >= 0.3 is 0 Å². The molecule has 20 heavy (non-hydrogen) atoms. The second-order valence-electron chi connectivity index (χ2n) is 4.96. The topological polar surface area (TPSA) is 66.4 Å². The molecule has 0 aliphatic heterocycles. The lowest BCUT2D eigenvalue weighted by Crippen LogP contribution is -2.42. The summed E-state index contributed by atoms with van der Waals surface area (Å²) in [6.45, 7) is 3.64. The van der Waals surface area contributed by atoms with Crippen LogP contribution in [-0.2, 0) is 10.0 Å². The van der Waals surface area contributed by atoms with Crippen LogP contribution in [-0.4, -0.2) is 43.4 Å². The van der Waals surface area contributed by atoms with E-state index < -0.39 is 10.0 Å². The minimum Gasteiger partial charge on any atom is -0.395 e. The molecule has 0 fully saturated rings. The lowest BCUT2D eigenvalue weighted by molar-refractivity contribution is 0.282. The molecule has 0 saturated carbocycles. The van der Waals surface area contributed by atoms with Gasteiger partial charge in [-0.1, -0.05) is 37.3 Å². The van der Waals surface area contributed by atoms with Gasteiger partial charge in [-0.05, 0) is 24.7 Å². The van der Waals surface area contributed by atoms with Gasteiger partial charge in [-0.2, -0.15) is 11.8 Å². The van der Waals surface area contributed by atoms with Gasteiger partial charge in [-0.25, -0.2) is 13.1 Å². The highest BCUT2D eigenvalue weighted by Crippen LogP contribution is 2.17. The van der Waals surface area contributed by atoms with Crippen LogP contribution in [0.2, 0.25) is 0 Å². The zero-order valence-electron chi connectivity index (χ0n) is 12.1. The Balaban J connectivity index is 2.66. The smallest absolute Gasteiger partial charge is 0.212 e. The quantitative estimate of drug-likeness (QED) is 0.767. The van der Waals surface area contributed by atoms with Crippen LogP contribution in [0.3, 0.4) is 0 Å². The van der Waals surface area contributed by atoms with Crippen LogP contribution in [0, 0.1) is 0 Å². The zero-order chi connectivity index (χ0) is 15.2. The second kappa shape index (κ2) is 8.02. The lowest BCUT2D eigenvalue weighted by atomic mass is 10.0. The van der Waals surface area contributed by atoms with Crippen LogP contribution in [0.25, 0.3) is 0 Å². The Bertz CT molecular complexity index is 486. The highest BCUT2D eigenvalue weighted by atomic mass is 32.2. The third kappa shape index (κ3) is 5.44. The van der Waals surface area contributed by atoms with Crippen molar-refractivity contribution in [3.05, 3.63) is 35.9 Å². The maximum Gasteiger partial charge on any atom is 0.212 e. The van der Waals surface area contributed by atoms with Crippen molar-refractivity contribution in [3.8, 4) is 0 Å². The van der Waals surface area contributed by atoms with E-state index in [0.717, 1.165) is 5.56 Å². The van der Waals surface area contributed by atoms with Crippen molar-refractivity contribution in [3.63, 3.8) is 0 Å². The second-order valence-corrected chi connectivity index (χ2v) is 7.83. The molecule has 0 saturated heterocycles. The molecule has 0 amide bonds. The summed E-state index contributed by atoms with van der Waals surface area (Å²) in [6, 6.07) is 9.30. The zero-order valence-corrected chi connectivity index (χ0v) is 13.7. The molecular weight excluding hydrogens is 294 g/mol. The predicted octanol–water partition coefficient (Wildman–Crippen LogP) is 1.82. The molecular formula is C14H23NO3S2. The molecule has 0 bridgehead atoms. The van der Waals surface area contributed by atoms with Crippen LogP contribution in [0.15, 0.2) is 30.3 Å². The Hall–Kier alpha value is -0.560. The average Bonchev–Trinajstić information content (AvgIpc) is 2.39. The first-order valence-electron chi connectivity index (χ1n) is 6.58. The van der Waals surface area contributed by atoms with E-state index >= 15 is 0 Å². The highest BCUT2D eigenvalue weighted by Gasteiger charge is 2.23. The molecule has 114 valence electrons. The first kappa shape index (κ1) is 17.5. The number of nitrogens with one attached hydrogen (secondary N) is 1. The molecule has 2 N–H and O–H groups in total. The first-order chi connectivity index (χ1) is 9.39. The van der Waals surface area contributed by atoms with Gasteiger partial charge in [0.25, 0.3) is 0 Å². The molecule has 0 spiro atoms. The molecule has 1 aromatic carbocycles. The van der Waals surface area contributed by atoms with E-state index in [9.17, 15) is 13.5 Å². The van der Waals surface area contributed by atoms with Crippen molar-refractivity contribution < 1.29 is 13.5 Å². The summed E-state index contributed by atoms with van der Waals surface area (Å²) in [5.74, 6) is -0.0174. The first-order valence-corrected chi connectivity index (χ1v) is 9.52. The largest absolute Gasteiger partial charge is 0.395 e. The Morgan fingerprint density at radius 3 is 2.35 bits per heavy atom. The van der Waals surface area contributed by atoms with Crippen LogP contribution in [0.1, 0.15) is 25.3 Å². The fourth-order valence-corrected chi connectivity index (χ4v) is 4.44. The number of aliphatic hydroxyl groups excluding tert-OH is 1. The molecule has 1 aromatic rings. The Labute approximate surface area is 126 Å². The summed E-state index contributed by atoms with van der Waals surface area (Å²) in [4.78, 5) is 0. The van der Waals surface area contributed by atoms with Gasteiger partial charge in [0.05, 0.1) is 12.4 Å². The third-order valence-corrected chi connectivity index (χ3v) is 6.08. The monoisotopic (exact) mass is 317 g/mol. The lowest BCUT2D eigenvalue weighted by Gasteiger charge is -2.22. The summed E-state index contributed by atoms with van der Waals surface area (Å²) < 4.78 is 27.0. The molecule has 0 radical (unpaired) electrons. The van der Waals surface area contributed by atoms with E-state index in [1.54, 1.807) is 6.92 Å². The summed E-state index contributed by atoms with van der Waals surface area (Å²) in [5.41, 5.74) is 1.01. The molecule has 3 atom stereocenters. The molecule has 6 heteroatoms. The van der Waals surface area contributed by atoms with Crippen molar-refractivity contribution >= 4 is 21.8 Å². The summed E-state index contributed by atoms with van der Waals surface area (Å²) in [7, 11) is -3.37. The SMILES string of the molecule is CSC(CO)C(C)NS(=O)(=O)CC(C)c1ccccc1. The third-order valence-electron chi connectivity index (χ3n) is 3.24. The Morgan fingerprint density at radius 1 is 1.25 bits per heavy atom. The highest BCUT2D eigenvalue weighted by molar-refractivity contribution is 7.99. The summed E-state index contributed by atoms with van der Waals surface area (Å²) in [5, 5.41) is 9.07. The van der Waals surface area contributed by atoms with Crippen LogP contribution in [0.4, 0.5) is 0 Å². The maximum absolute atomic E-state index is 12.2. The van der Waals surface area contributed by atoms with E-state index in [1.165, 1.54) is 11.8 Å². The minimum atomic E-state index is -3.37. The van der Waals surface area contributed by atoms with Crippen LogP contribution < -0.4 is 4.72 Å². The molecule has 0 heterocycles. The number of benzene rings is 1. The van der Waals surface area contributed by atoms with Gasteiger partial charge < -0.3 is 5.11 Å². The molecule has 4 nitrogen and oxygen atoms in total. The van der Waals surface area contributed by atoms with Gasteiger partial charge in [0.1, 0.15) is 0 Å². The van der Waals surface area contributed by atoms with Crippen LogP contribution >= 0.6 is 11.8 Å².